The number of amides is 1. The van der Waals surface area contributed by atoms with E-state index >= 15 is 0 Å². The van der Waals surface area contributed by atoms with Gasteiger partial charge in [0, 0.05) is 13.1 Å². The molecule has 180 valence electrons. The summed E-state index contributed by atoms with van der Waals surface area (Å²) in [4.78, 5) is 24.3. The van der Waals surface area contributed by atoms with E-state index in [1.54, 1.807) is 12.1 Å². The topological polar surface area (TPSA) is 91.2 Å². The molecule has 2 atom stereocenters. The zero-order valence-electron chi connectivity index (χ0n) is 17.6. The van der Waals surface area contributed by atoms with Crippen molar-refractivity contribution in [3.63, 3.8) is 0 Å². The molecule has 2 N–H and O–H groups in total. The minimum atomic E-state index is -4.87. The molecule has 12 heteroatoms. The molecule has 4 rings (SSSR count). The van der Waals surface area contributed by atoms with Gasteiger partial charge in [0.15, 0.2) is 5.71 Å². The smallest absolute Gasteiger partial charge is 0.432 e. The van der Waals surface area contributed by atoms with Gasteiger partial charge in [-0.25, -0.2) is 4.79 Å². The second-order valence-electron chi connectivity index (χ2n) is 8.07. The second-order valence-corrected chi connectivity index (χ2v) is 8.89. The van der Waals surface area contributed by atoms with E-state index in [2.05, 4.69) is 10.4 Å². The van der Waals surface area contributed by atoms with E-state index in [4.69, 9.17) is 33.0 Å². The van der Waals surface area contributed by atoms with Gasteiger partial charge in [-0.2, -0.15) is 18.3 Å². The van der Waals surface area contributed by atoms with Crippen molar-refractivity contribution in [2.24, 2.45) is 11.0 Å². The normalized spacial score (nSPS) is 21.1. The van der Waals surface area contributed by atoms with Crippen LogP contribution in [0.2, 0.25) is 10.0 Å². The van der Waals surface area contributed by atoms with Gasteiger partial charge in [0.25, 0.3) is 0 Å². The van der Waals surface area contributed by atoms with E-state index in [-0.39, 0.29) is 21.4 Å². The quantitative estimate of drug-likeness (QED) is 0.582. The Morgan fingerprint density at radius 1 is 1.15 bits per heavy atom. The van der Waals surface area contributed by atoms with Gasteiger partial charge in [-0.3, -0.25) is 9.80 Å². The van der Waals surface area contributed by atoms with Crippen LogP contribution in [0, 0.1) is 5.92 Å². The standard InChI is InChI=1S/C22H18Cl2F3N3O4/c1-30-19(34-13-6-7-14(23)15(24)10-13)16(17(29-30)22(25,26)27)18(31)28-21(8-9-21)12-4-2-11(3-5-12)20(32)33/h2-7,10,16,19H,8-9H2,1H3,(H,28,31)(H,32,33)/t16-,19?/m0/s1. The SMILES string of the molecule is CN1N=C(C(F)(F)F)[C@@H](C(=O)NC2(c3ccc(C(=O)O)cc3)CC2)C1Oc1ccc(Cl)c(Cl)c1. The number of carboxylic acids is 1. The number of carboxylic acid groups (broad SMARTS) is 1. The highest BCUT2D eigenvalue weighted by molar-refractivity contribution is 6.42. The molecule has 0 bridgehead atoms. The van der Waals surface area contributed by atoms with Crippen molar-refractivity contribution in [2.75, 3.05) is 7.05 Å². The Morgan fingerprint density at radius 2 is 1.79 bits per heavy atom. The van der Waals surface area contributed by atoms with Gasteiger partial charge >= 0.3 is 12.1 Å². The summed E-state index contributed by atoms with van der Waals surface area (Å²) in [6.07, 6.45) is -5.28. The van der Waals surface area contributed by atoms with E-state index < -0.39 is 41.4 Å². The molecule has 34 heavy (non-hydrogen) atoms. The van der Waals surface area contributed by atoms with Crippen LogP contribution in [0.3, 0.4) is 0 Å². The maximum absolute atomic E-state index is 13.8. The molecule has 1 aliphatic heterocycles. The summed E-state index contributed by atoms with van der Waals surface area (Å²) >= 11 is 11.9. The molecule has 7 nitrogen and oxygen atoms in total. The van der Waals surface area contributed by atoms with Crippen LogP contribution >= 0.6 is 23.2 Å². The lowest BCUT2D eigenvalue weighted by Gasteiger charge is -2.28. The molecule has 1 aliphatic carbocycles. The maximum Gasteiger partial charge on any atom is 0.432 e. The largest absolute Gasteiger partial charge is 0.478 e. The molecular weight excluding hydrogens is 498 g/mol. The number of carbonyl (C=O) groups excluding carboxylic acids is 1. The number of carbonyl (C=O) groups is 2. The molecule has 1 saturated carbocycles. The van der Waals surface area contributed by atoms with Gasteiger partial charge in [0.1, 0.15) is 11.7 Å². The van der Waals surface area contributed by atoms with Gasteiger partial charge < -0.3 is 15.2 Å². The third-order valence-electron chi connectivity index (χ3n) is 5.73. The first-order chi connectivity index (χ1) is 15.9. The Kier molecular flexibility index (Phi) is 6.15. The fourth-order valence-corrected chi connectivity index (χ4v) is 4.10. The van der Waals surface area contributed by atoms with E-state index in [1.807, 2.05) is 0 Å². The van der Waals surface area contributed by atoms with Crippen molar-refractivity contribution in [1.82, 2.24) is 10.3 Å². The molecule has 1 heterocycles. The molecule has 0 spiro atoms. The van der Waals surface area contributed by atoms with Crippen molar-refractivity contribution in [3.05, 3.63) is 63.6 Å². The van der Waals surface area contributed by atoms with E-state index in [0.29, 0.717) is 18.4 Å². The first-order valence-electron chi connectivity index (χ1n) is 10.1. The highest BCUT2D eigenvalue weighted by Gasteiger charge is 2.56. The Balaban J connectivity index is 1.61. The lowest BCUT2D eigenvalue weighted by molar-refractivity contribution is -0.130. The Hall–Kier alpha value is -2.98. The zero-order valence-corrected chi connectivity index (χ0v) is 19.1. The minimum Gasteiger partial charge on any atom is -0.478 e. The van der Waals surface area contributed by atoms with E-state index in [1.165, 1.54) is 37.4 Å². The highest BCUT2D eigenvalue weighted by atomic mass is 35.5. The fourth-order valence-electron chi connectivity index (χ4n) is 3.82. The zero-order chi connectivity index (χ0) is 24.8. The number of hydrazone groups is 1. The number of ether oxygens (including phenoxy) is 1. The van der Waals surface area contributed by atoms with Crippen molar-refractivity contribution in [3.8, 4) is 5.75 Å². The van der Waals surface area contributed by atoms with Gasteiger partial charge in [0.05, 0.1) is 21.1 Å². The molecule has 1 fully saturated rings. The summed E-state index contributed by atoms with van der Waals surface area (Å²) in [5.74, 6) is -3.68. The third-order valence-corrected chi connectivity index (χ3v) is 6.47. The van der Waals surface area contributed by atoms with Gasteiger partial charge in [-0.15, -0.1) is 0 Å². The summed E-state index contributed by atoms with van der Waals surface area (Å²) in [7, 11) is 1.28. The number of halogens is 5. The first-order valence-corrected chi connectivity index (χ1v) is 10.8. The van der Waals surface area contributed by atoms with Crippen molar-refractivity contribution in [2.45, 2.75) is 30.8 Å². The average Bonchev–Trinajstić information content (AvgIpc) is 3.46. The van der Waals surface area contributed by atoms with Crippen molar-refractivity contribution < 1.29 is 32.6 Å². The average molecular weight is 516 g/mol. The number of rotatable bonds is 6. The summed E-state index contributed by atoms with van der Waals surface area (Å²) in [6, 6.07) is 10.0. The second kappa shape index (κ2) is 8.66. The predicted molar refractivity (Wildman–Crippen MR) is 118 cm³/mol. The van der Waals surface area contributed by atoms with E-state index in [0.717, 1.165) is 5.01 Å². The van der Waals surface area contributed by atoms with Crippen LogP contribution in [0.15, 0.2) is 47.6 Å². The molecule has 2 aromatic rings. The summed E-state index contributed by atoms with van der Waals surface area (Å²) < 4.78 is 47.0. The monoisotopic (exact) mass is 515 g/mol. The Bertz CT molecular complexity index is 1170. The van der Waals surface area contributed by atoms with Crippen LogP contribution < -0.4 is 10.1 Å². The lowest BCUT2D eigenvalue weighted by atomic mass is 9.97. The van der Waals surface area contributed by atoms with Crippen molar-refractivity contribution >= 4 is 40.8 Å². The molecule has 0 aromatic heterocycles. The van der Waals surface area contributed by atoms with Crippen LogP contribution in [-0.4, -0.2) is 47.2 Å². The fraction of sp³-hybridized carbons (Fsp3) is 0.318. The number of hydrogen-bond acceptors (Lipinski definition) is 5. The molecule has 0 radical (unpaired) electrons. The minimum absolute atomic E-state index is 0.0601. The number of nitrogens with one attached hydrogen (secondary N) is 1. The van der Waals surface area contributed by atoms with Gasteiger partial charge in [-0.1, -0.05) is 35.3 Å². The van der Waals surface area contributed by atoms with Crippen molar-refractivity contribution in [1.29, 1.82) is 0 Å². The van der Waals surface area contributed by atoms with Crippen LogP contribution in [-0.2, 0) is 10.3 Å². The third kappa shape index (κ3) is 4.65. The van der Waals surface area contributed by atoms with Crippen LogP contribution in [0.5, 0.6) is 5.75 Å². The predicted octanol–water partition coefficient (Wildman–Crippen LogP) is 4.68. The van der Waals surface area contributed by atoms with Crippen LogP contribution in [0.25, 0.3) is 0 Å². The number of alkyl halides is 3. The number of benzene rings is 2. The van der Waals surface area contributed by atoms with Gasteiger partial charge in [-0.05, 0) is 42.7 Å². The van der Waals surface area contributed by atoms with Crippen LogP contribution in [0.4, 0.5) is 13.2 Å². The number of aromatic carboxylic acids is 1. The summed E-state index contributed by atoms with van der Waals surface area (Å²) in [5, 5.41) is 16.6. The summed E-state index contributed by atoms with van der Waals surface area (Å²) in [5.41, 5.74) is -1.51. The highest BCUT2D eigenvalue weighted by Crippen LogP contribution is 2.46. The number of nitrogens with zero attached hydrogens (tertiary/aromatic N) is 2. The molecule has 2 aliphatic rings. The van der Waals surface area contributed by atoms with E-state index in [9.17, 15) is 22.8 Å². The first kappa shape index (κ1) is 24.2. The molecule has 1 amide bonds. The number of hydrogen-bond donors (Lipinski definition) is 2. The Morgan fingerprint density at radius 3 is 2.32 bits per heavy atom. The molecule has 2 aromatic carbocycles. The Labute approximate surface area is 202 Å². The maximum atomic E-state index is 13.8. The molecule has 1 unspecified atom stereocenters. The molecule has 0 saturated heterocycles. The lowest BCUT2D eigenvalue weighted by Crippen LogP contribution is -2.50. The summed E-state index contributed by atoms with van der Waals surface area (Å²) in [6.45, 7) is 0. The molecular formula is C22H18Cl2F3N3O4. The van der Waals surface area contributed by atoms with Gasteiger partial charge in [0.2, 0.25) is 12.1 Å². The van der Waals surface area contributed by atoms with Crippen LogP contribution in [0.1, 0.15) is 28.8 Å².